The molecule has 6 nitrogen and oxygen atoms in total. The second-order valence-electron chi connectivity index (χ2n) is 11.2. The molecule has 0 amide bonds. The molecule has 0 aliphatic heterocycles. The molecule has 218 valence electrons. The molecule has 0 saturated carbocycles. The van der Waals surface area contributed by atoms with E-state index in [4.69, 9.17) is 18.9 Å². The van der Waals surface area contributed by atoms with Gasteiger partial charge in [0.15, 0.2) is 34.6 Å². The molecule has 0 aliphatic rings. The first-order valence-electron chi connectivity index (χ1n) is 13.8. The number of carbonyl (C=O) groups is 2. The second kappa shape index (κ2) is 16.9. The minimum atomic E-state index is -0.815. The Morgan fingerprint density at radius 3 is 1.65 bits per heavy atom. The quantitative estimate of drug-likeness (QED) is 0.0804. The molecule has 0 aliphatic carbocycles. The molecular weight excluding hydrogens is 523 g/mol. The highest BCUT2D eigenvalue weighted by molar-refractivity contribution is 7.73. The number of hydrogen-bond donors (Lipinski definition) is 0. The number of hydrogen-bond acceptors (Lipinski definition) is 6. The number of allylic oxidation sites excluding steroid dienone is 2. The molecule has 2 aromatic rings. The van der Waals surface area contributed by atoms with E-state index >= 15 is 0 Å². The van der Waals surface area contributed by atoms with E-state index in [2.05, 4.69) is 33.8 Å². The van der Waals surface area contributed by atoms with Gasteiger partial charge in [-0.25, -0.2) is 0 Å². The van der Waals surface area contributed by atoms with Gasteiger partial charge < -0.3 is 18.9 Å². The van der Waals surface area contributed by atoms with Crippen molar-refractivity contribution in [2.45, 2.75) is 39.5 Å². The number of carbonyl (C=O) groups excluding carboxylic acids is 2. The molecule has 0 aromatic heterocycles. The molecule has 2 rings (SSSR count). The maximum absolute atomic E-state index is 12.4. The van der Waals surface area contributed by atoms with E-state index in [0.717, 1.165) is 30.4 Å². The summed E-state index contributed by atoms with van der Waals surface area (Å²) in [7, 11) is 2.37. The molecule has 0 N–H and O–H groups in total. The van der Waals surface area contributed by atoms with Gasteiger partial charge in [0.25, 0.3) is 0 Å². The maximum Gasteiger partial charge on any atom is 0.163 e. The van der Waals surface area contributed by atoms with Crippen molar-refractivity contribution in [3.05, 3.63) is 59.7 Å². The van der Waals surface area contributed by atoms with Crippen molar-refractivity contribution in [1.29, 1.82) is 0 Å². The van der Waals surface area contributed by atoms with Crippen molar-refractivity contribution < 1.29 is 28.5 Å². The Labute approximate surface area is 241 Å². The highest BCUT2D eigenvalue weighted by Gasteiger charge is 2.16. The highest BCUT2D eigenvalue weighted by atomic mass is 31.2. The Morgan fingerprint density at radius 2 is 1.23 bits per heavy atom. The van der Waals surface area contributed by atoms with Crippen LogP contribution in [0.2, 0.25) is 0 Å². The monoisotopic (exact) mass is 569 g/mol. The van der Waals surface area contributed by atoms with Crippen molar-refractivity contribution in [3.8, 4) is 23.0 Å². The van der Waals surface area contributed by atoms with Crippen molar-refractivity contribution in [2.75, 3.05) is 53.6 Å². The molecule has 0 spiro atoms. The minimum absolute atomic E-state index is 0.212. The average Bonchev–Trinajstić information content (AvgIpc) is 2.91. The summed E-state index contributed by atoms with van der Waals surface area (Å²) < 4.78 is 22.7. The first kappa shape index (κ1) is 33.1. The van der Waals surface area contributed by atoms with E-state index in [1.54, 1.807) is 26.4 Å². The third-order valence-corrected chi connectivity index (χ3v) is 7.72. The van der Waals surface area contributed by atoms with Crippen molar-refractivity contribution in [1.82, 2.24) is 0 Å². The van der Waals surface area contributed by atoms with Crippen LogP contribution in [-0.4, -0.2) is 65.2 Å². The third-order valence-electron chi connectivity index (χ3n) is 6.06. The van der Waals surface area contributed by atoms with Crippen molar-refractivity contribution in [3.63, 3.8) is 0 Å². The number of ether oxygens (including phenoxy) is 4. The Balaban J connectivity index is 1.89. The average molecular weight is 570 g/mol. The molecule has 0 unspecified atom stereocenters. The van der Waals surface area contributed by atoms with Crippen LogP contribution in [0.3, 0.4) is 0 Å². The SMILES string of the molecule is COc1cc(/C=C/C(=O)CC(=O)/C=C/c2ccc(OCCC[P+](C)(C)C)c(OC)c2)ccc1OCCCC(C)C. The molecule has 0 radical (unpaired) electrons. The summed E-state index contributed by atoms with van der Waals surface area (Å²) in [5.41, 5.74) is 1.58. The summed E-state index contributed by atoms with van der Waals surface area (Å²) in [5, 5.41) is 0. The zero-order valence-electron chi connectivity index (χ0n) is 25.2. The van der Waals surface area contributed by atoms with E-state index in [1.165, 1.54) is 18.3 Å². The molecule has 7 heteroatoms. The van der Waals surface area contributed by atoms with E-state index in [1.807, 2.05) is 36.4 Å². The number of benzene rings is 2. The summed E-state index contributed by atoms with van der Waals surface area (Å²) in [6.07, 6.45) is 10.3. The van der Waals surface area contributed by atoms with Crippen LogP contribution >= 0.6 is 7.26 Å². The zero-order chi connectivity index (χ0) is 29.5. The molecular formula is C33H46O6P+. The molecule has 40 heavy (non-hydrogen) atoms. The van der Waals surface area contributed by atoms with Gasteiger partial charge in [-0.1, -0.05) is 38.1 Å². The Bertz CT molecular complexity index is 1160. The normalized spacial score (nSPS) is 11.8. The van der Waals surface area contributed by atoms with Gasteiger partial charge in [0.05, 0.1) is 40.0 Å². The van der Waals surface area contributed by atoms with E-state index in [-0.39, 0.29) is 18.0 Å². The van der Waals surface area contributed by atoms with Crippen molar-refractivity contribution >= 4 is 31.0 Å². The van der Waals surface area contributed by atoms with Gasteiger partial charge in [-0.2, -0.15) is 0 Å². The van der Waals surface area contributed by atoms with Gasteiger partial charge in [-0.15, -0.1) is 0 Å². The fourth-order valence-corrected chi connectivity index (χ4v) is 4.95. The second-order valence-corrected chi connectivity index (χ2v) is 16.2. The summed E-state index contributed by atoms with van der Waals surface area (Å²) in [4.78, 5) is 24.8. The van der Waals surface area contributed by atoms with Gasteiger partial charge in [-0.05, 0) is 66.3 Å². The third kappa shape index (κ3) is 12.8. The maximum atomic E-state index is 12.4. The van der Waals surface area contributed by atoms with Crippen LogP contribution in [0.15, 0.2) is 48.6 Å². The number of methoxy groups -OCH3 is 2. The number of ketones is 2. The lowest BCUT2D eigenvalue weighted by Crippen LogP contribution is -2.04. The summed E-state index contributed by atoms with van der Waals surface area (Å²) in [6, 6.07) is 11.0. The zero-order valence-corrected chi connectivity index (χ0v) is 26.1. The highest BCUT2D eigenvalue weighted by Crippen LogP contribution is 2.46. The predicted octanol–water partition coefficient (Wildman–Crippen LogP) is 7.45. The lowest BCUT2D eigenvalue weighted by molar-refractivity contribution is -0.121. The molecule has 0 heterocycles. The molecule has 0 atom stereocenters. The molecule has 0 bridgehead atoms. The Morgan fingerprint density at radius 1 is 0.750 bits per heavy atom. The Kier molecular flexibility index (Phi) is 14.0. The lowest BCUT2D eigenvalue weighted by atomic mass is 10.1. The van der Waals surface area contributed by atoms with Gasteiger partial charge >= 0.3 is 0 Å². The van der Waals surface area contributed by atoms with E-state index in [0.29, 0.717) is 42.1 Å². The summed E-state index contributed by atoms with van der Waals surface area (Å²) >= 11 is 0. The van der Waals surface area contributed by atoms with Gasteiger partial charge in [0.1, 0.15) is 0 Å². The van der Waals surface area contributed by atoms with Gasteiger partial charge in [0.2, 0.25) is 0 Å². The first-order chi connectivity index (χ1) is 19.0. The van der Waals surface area contributed by atoms with Crippen LogP contribution in [0, 0.1) is 5.92 Å². The molecule has 0 saturated heterocycles. The topological polar surface area (TPSA) is 71.1 Å². The first-order valence-corrected chi connectivity index (χ1v) is 17.2. The predicted molar refractivity (Wildman–Crippen MR) is 168 cm³/mol. The smallest absolute Gasteiger partial charge is 0.163 e. The van der Waals surface area contributed by atoms with Gasteiger partial charge in [0, 0.05) is 33.7 Å². The fourth-order valence-electron chi connectivity index (χ4n) is 3.88. The number of rotatable bonds is 18. The Hall–Kier alpha value is -3.11. The summed E-state index contributed by atoms with van der Waals surface area (Å²) in [6.45, 7) is 12.6. The van der Waals surface area contributed by atoms with Crippen LogP contribution < -0.4 is 18.9 Å². The molecule has 0 fully saturated rings. The minimum Gasteiger partial charge on any atom is -0.493 e. The van der Waals surface area contributed by atoms with Crippen LogP contribution in [-0.2, 0) is 9.59 Å². The van der Waals surface area contributed by atoms with Crippen LogP contribution in [0.1, 0.15) is 50.7 Å². The van der Waals surface area contributed by atoms with E-state index in [9.17, 15) is 9.59 Å². The van der Waals surface area contributed by atoms with Gasteiger partial charge in [-0.3, -0.25) is 9.59 Å². The lowest BCUT2D eigenvalue weighted by Gasteiger charge is -2.14. The summed E-state index contributed by atoms with van der Waals surface area (Å²) in [5.74, 6) is 2.66. The largest absolute Gasteiger partial charge is 0.493 e. The van der Waals surface area contributed by atoms with Crippen LogP contribution in [0.25, 0.3) is 12.2 Å². The van der Waals surface area contributed by atoms with Crippen LogP contribution in [0.5, 0.6) is 23.0 Å². The van der Waals surface area contributed by atoms with Crippen molar-refractivity contribution in [2.24, 2.45) is 5.92 Å². The van der Waals surface area contributed by atoms with Crippen LogP contribution in [0.4, 0.5) is 0 Å². The van der Waals surface area contributed by atoms with E-state index < -0.39 is 7.26 Å². The molecule has 2 aromatic carbocycles. The fraction of sp³-hybridized carbons (Fsp3) is 0.455. The standard InChI is InChI=1S/C33H46O6P/c1-25(2)10-8-19-38-30-17-13-26(22-32(30)36-3)11-15-28(34)24-29(35)16-12-27-14-18-31(33(23-27)37-4)39-20-9-21-40(5,6)7/h11-18,22-23,25H,8-10,19-21,24H2,1-7H3/q+1/b15-11+,16-12+.